The molecule has 0 bridgehead atoms. The van der Waals surface area contributed by atoms with E-state index in [0.717, 1.165) is 11.3 Å². The molecule has 0 atom stereocenters. The summed E-state index contributed by atoms with van der Waals surface area (Å²) < 4.78 is 1.62. The second-order valence-corrected chi connectivity index (χ2v) is 2.51. The molecular formula is C6H8N3SW+. The van der Waals surface area contributed by atoms with E-state index in [-0.39, 0.29) is 21.1 Å². The number of hydrogen-bond acceptors (Lipinski definition) is 2. The fourth-order valence-electron chi connectivity index (χ4n) is 0.840. The standard InChI is InChI=1S/C6H8N3S.W/c1-4-3-8-9(2)5(4)6(7)10;/h1-2H3,(H2,7,10);/q-1;+2. The summed E-state index contributed by atoms with van der Waals surface area (Å²) in [5.41, 5.74) is 7.10. The molecule has 0 saturated carbocycles. The van der Waals surface area contributed by atoms with Crippen LogP contribution < -0.4 is 5.73 Å². The first-order valence-electron chi connectivity index (χ1n) is 2.84. The van der Waals surface area contributed by atoms with Gasteiger partial charge in [-0.3, -0.25) is 0 Å². The number of hydrogen-bond donors (Lipinski definition) is 1. The first-order valence-corrected chi connectivity index (χ1v) is 3.25. The Bertz CT molecular complexity index is 249. The van der Waals surface area contributed by atoms with Crippen molar-refractivity contribution in [2.45, 2.75) is 6.92 Å². The number of nitrogens with two attached hydrogens (primary N) is 1. The van der Waals surface area contributed by atoms with Gasteiger partial charge >= 0.3 is 21.1 Å². The van der Waals surface area contributed by atoms with E-state index in [2.05, 4.69) is 11.3 Å². The zero-order valence-corrected chi connectivity index (χ0v) is 10.0. The molecule has 11 heavy (non-hydrogen) atoms. The Hall–Kier alpha value is -0.212. The molecule has 3 nitrogen and oxygen atoms in total. The summed E-state index contributed by atoms with van der Waals surface area (Å²) in [7, 11) is 1.79. The maximum atomic E-state index is 5.41. The van der Waals surface area contributed by atoms with Gasteiger partial charge in [-0.2, -0.15) is 5.56 Å². The van der Waals surface area contributed by atoms with Gasteiger partial charge in [-0.1, -0.05) is 24.8 Å². The van der Waals surface area contributed by atoms with Crippen LogP contribution in [0.2, 0.25) is 0 Å². The van der Waals surface area contributed by atoms with Crippen LogP contribution in [0.4, 0.5) is 0 Å². The van der Waals surface area contributed by atoms with Gasteiger partial charge in [0.15, 0.2) is 0 Å². The van der Waals surface area contributed by atoms with Crippen LogP contribution >= 0.6 is 12.2 Å². The fraction of sp³-hybridized carbons (Fsp3) is 0.333. The molecule has 0 aromatic carbocycles. The molecule has 2 N–H and O–H groups in total. The molecule has 0 saturated heterocycles. The minimum absolute atomic E-state index is 0. The Morgan fingerprint density at radius 3 is 2.45 bits per heavy atom. The van der Waals surface area contributed by atoms with E-state index < -0.39 is 0 Å². The molecule has 58 valence electrons. The van der Waals surface area contributed by atoms with Crippen LogP contribution in [-0.2, 0) is 28.1 Å². The van der Waals surface area contributed by atoms with Crippen LogP contribution in [0.1, 0.15) is 11.3 Å². The smallest absolute Gasteiger partial charge is 0.403 e. The number of thiocarbonyl (C=S) groups is 1. The van der Waals surface area contributed by atoms with Crippen LogP contribution in [0.5, 0.6) is 0 Å². The van der Waals surface area contributed by atoms with Gasteiger partial charge in [0.05, 0.1) is 0 Å². The summed E-state index contributed by atoms with van der Waals surface area (Å²) in [5, 5.41) is 3.86. The van der Waals surface area contributed by atoms with Crippen LogP contribution in [0, 0.1) is 13.1 Å². The molecule has 0 aliphatic carbocycles. The number of aryl methyl sites for hydroxylation is 2. The summed E-state index contributed by atoms with van der Waals surface area (Å²) in [6, 6.07) is 0. The van der Waals surface area contributed by atoms with Gasteiger partial charge in [0.2, 0.25) is 0 Å². The minimum atomic E-state index is 0. The van der Waals surface area contributed by atoms with E-state index >= 15 is 0 Å². The van der Waals surface area contributed by atoms with Gasteiger partial charge in [-0.15, -0.1) is 6.20 Å². The van der Waals surface area contributed by atoms with Crippen molar-refractivity contribution in [2.24, 2.45) is 12.8 Å². The van der Waals surface area contributed by atoms with Gasteiger partial charge in [0.25, 0.3) is 0 Å². The Kier molecular flexibility index (Phi) is 3.90. The molecule has 0 aliphatic heterocycles. The van der Waals surface area contributed by atoms with Crippen molar-refractivity contribution in [1.29, 1.82) is 0 Å². The fourth-order valence-corrected chi connectivity index (χ4v) is 1.13. The zero-order valence-electron chi connectivity index (χ0n) is 6.29. The molecule has 1 rings (SSSR count). The zero-order chi connectivity index (χ0) is 7.72. The van der Waals surface area contributed by atoms with Crippen molar-refractivity contribution >= 4 is 17.2 Å². The van der Waals surface area contributed by atoms with Gasteiger partial charge in [-0.05, 0) is 0 Å². The number of rotatable bonds is 1. The van der Waals surface area contributed by atoms with E-state index in [1.54, 1.807) is 11.7 Å². The average molecular weight is 338 g/mol. The third-order valence-corrected chi connectivity index (χ3v) is 1.47. The monoisotopic (exact) mass is 338 g/mol. The van der Waals surface area contributed by atoms with E-state index in [9.17, 15) is 0 Å². The number of nitrogens with zero attached hydrogens (tertiary/aromatic N) is 2. The maximum absolute atomic E-state index is 5.41. The van der Waals surface area contributed by atoms with E-state index in [4.69, 9.17) is 18.0 Å². The minimum Gasteiger partial charge on any atom is -0.403 e. The van der Waals surface area contributed by atoms with Crippen molar-refractivity contribution in [3.05, 3.63) is 17.5 Å². The molecular weight excluding hydrogens is 330 g/mol. The Morgan fingerprint density at radius 1 is 1.73 bits per heavy atom. The molecule has 0 amide bonds. The normalized spacial score (nSPS) is 8.91. The Labute approximate surface area is 85.2 Å². The summed E-state index contributed by atoms with van der Waals surface area (Å²) in [4.78, 5) is 0.369. The van der Waals surface area contributed by atoms with Gasteiger partial charge in [-0.25, -0.2) is 0 Å². The van der Waals surface area contributed by atoms with Crippen molar-refractivity contribution in [2.75, 3.05) is 0 Å². The summed E-state index contributed by atoms with van der Waals surface area (Å²) in [6.07, 6.45) is 2.76. The molecule has 0 fully saturated rings. The van der Waals surface area contributed by atoms with E-state index in [1.165, 1.54) is 0 Å². The van der Waals surface area contributed by atoms with Gasteiger partial charge in [0, 0.05) is 12.0 Å². The molecule has 1 heterocycles. The van der Waals surface area contributed by atoms with Gasteiger partial charge in [0.1, 0.15) is 0 Å². The largest absolute Gasteiger partial charge is 2.00 e. The van der Waals surface area contributed by atoms with Crippen molar-refractivity contribution < 1.29 is 21.1 Å². The van der Waals surface area contributed by atoms with Crippen molar-refractivity contribution in [3.63, 3.8) is 0 Å². The molecule has 1 aromatic rings. The molecule has 1 aromatic heterocycles. The van der Waals surface area contributed by atoms with E-state index in [1.807, 2.05) is 6.92 Å². The quantitative estimate of drug-likeness (QED) is 0.586. The van der Waals surface area contributed by atoms with Crippen molar-refractivity contribution in [3.8, 4) is 0 Å². The Morgan fingerprint density at radius 2 is 2.27 bits per heavy atom. The first kappa shape index (κ1) is 10.8. The predicted octanol–water partition coefficient (Wildman–Crippen LogP) is 0.160. The topological polar surface area (TPSA) is 43.8 Å². The first-order chi connectivity index (χ1) is 4.63. The molecule has 0 spiro atoms. The molecule has 5 heteroatoms. The summed E-state index contributed by atoms with van der Waals surface area (Å²) in [5.74, 6) is 0. The maximum Gasteiger partial charge on any atom is 2.00 e. The van der Waals surface area contributed by atoms with Crippen LogP contribution in [0.25, 0.3) is 0 Å². The van der Waals surface area contributed by atoms with Gasteiger partial charge < -0.3 is 15.5 Å². The summed E-state index contributed by atoms with van der Waals surface area (Å²) in [6.45, 7) is 1.88. The Balaban J connectivity index is 0.000001000. The number of aromatic nitrogens is 2. The molecule has 0 unspecified atom stereocenters. The molecule has 0 aliphatic rings. The second kappa shape index (κ2) is 3.98. The second-order valence-electron chi connectivity index (χ2n) is 2.07. The predicted molar refractivity (Wildman–Crippen MR) is 42.7 cm³/mol. The van der Waals surface area contributed by atoms with Crippen molar-refractivity contribution in [1.82, 2.24) is 9.78 Å². The SMILES string of the molecule is Cc1[c-]nn(C)c1C(N)=S.[W+2]. The third kappa shape index (κ3) is 2.11. The van der Waals surface area contributed by atoms with Crippen LogP contribution in [0.15, 0.2) is 0 Å². The van der Waals surface area contributed by atoms with E-state index in [0.29, 0.717) is 4.99 Å². The molecule has 0 radical (unpaired) electrons. The average Bonchev–Trinajstić information content (AvgIpc) is 2.11. The third-order valence-electron chi connectivity index (χ3n) is 1.28. The van der Waals surface area contributed by atoms with Crippen LogP contribution in [-0.4, -0.2) is 14.8 Å². The van der Waals surface area contributed by atoms with Crippen LogP contribution in [0.3, 0.4) is 0 Å². The summed E-state index contributed by atoms with van der Waals surface area (Å²) >= 11 is 4.79.